The second kappa shape index (κ2) is 6.58. The first-order valence-electron chi connectivity index (χ1n) is 12.3. The Labute approximate surface area is 213 Å². The third-order valence-corrected chi connectivity index (χ3v) is 11.0. The molecule has 35 heavy (non-hydrogen) atoms. The van der Waals surface area contributed by atoms with Crippen LogP contribution in [0.4, 0.5) is 0 Å². The maximum absolute atomic E-state index is 6.64. The number of hydrogen-bond donors (Lipinski definition) is 0. The number of aryl methyl sites for hydroxylation is 1. The zero-order valence-corrected chi connectivity index (χ0v) is 22.6. The Kier molecular flexibility index (Phi) is 3.79. The Morgan fingerprint density at radius 2 is 1.31 bits per heavy atom. The molecule has 0 amide bonds. The molecule has 2 heteroatoms. The van der Waals surface area contributed by atoms with Crippen molar-refractivity contribution < 1.29 is 4.74 Å². The van der Waals surface area contributed by atoms with Gasteiger partial charge in [-0.1, -0.05) is 0 Å². The van der Waals surface area contributed by atoms with Crippen LogP contribution < -0.4 is 4.74 Å². The van der Waals surface area contributed by atoms with E-state index >= 15 is 0 Å². The van der Waals surface area contributed by atoms with Gasteiger partial charge in [0.05, 0.1) is 0 Å². The average Bonchev–Trinajstić information content (AvgIpc) is 3.44. The van der Waals surface area contributed by atoms with Crippen molar-refractivity contribution in [2.45, 2.75) is 33.3 Å². The monoisotopic (exact) mass is 566 g/mol. The summed E-state index contributed by atoms with van der Waals surface area (Å²) in [6, 6.07) is 27.5. The molecule has 0 N–H and O–H groups in total. The topological polar surface area (TPSA) is 9.23 Å². The van der Waals surface area contributed by atoms with Gasteiger partial charge in [0.2, 0.25) is 0 Å². The number of benzene rings is 6. The van der Waals surface area contributed by atoms with Crippen LogP contribution in [0.2, 0.25) is 0 Å². The molecule has 0 atom stereocenters. The molecule has 0 radical (unpaired) electrons. The van der Waals surface area contributed by atoms with Crippen LogP contribution in [-0.2, 0) is 0 Å². The molecule has 0 saturated carbocycles. The van der Waals surface area contributed by atoms with E-state index in [-0.39, 0.29) is 5.60 Å². The maximum atomic E-state index is 6.64. The fourth-order valence-corrected chi connectivity index (χ4v) is 9.68. The van der Waals surface area contributed by atoms with E-state index < -0.39 is 20.4 Å². The molecule has 1 heterocycles. The van der Waals surface area contributed by atoms with E-state index in [4.69, 9.17) is 4.74 Å². The van der Waals surface area contributed by atoms with Crippen LogP contribution in [0.25, 0.3) is 71.8 Å². The van der Waals surface area contributed by atoms with Crippen LogP contribution in [0.1, 0.15) is 26.3 Å². The molecule has 1 aromatic heterocycles. The van der Waals surface area contributed by atoms with Gasteiger partial charge in [-0.25, -0.2) is 0 Å². The SMILES string of the molecule is Cc1cc2c3cc(-c4ccccc4)[te]c3c3cc(OC(C)(C)C)c4ccc5ccc1c1c5c4c3c21. The second-order valence-corrected chi connectivity index (χ2v) is 13.9. The molecule has 0 bridgehead atoms. The van der Waals surface area contributed by atoms with Crippen molar-refractivity contribution in [2.75, 3.05) is 0 Å². The Hall–Kier alpha value is -3.05. The molecular formula is C33H24OTe. The second-order valence-electron chi connectivity index (χ2n) is 10.9. The van der Waals surface area contributed by atoms with Crippen molar-refractivity contribution in [3.05, 3.63) is 78.4 Å². The average molecular weight is 564 g/mol. The first-order valence-corrected chi connectivity index (χ1v) is 14.6. The molecule has 8 rings (SSSR count). The van der Waals surface area contributed by atoms with Crippen LogP contribution in [-0.4, -0.2) is 26.0 Å². The van der Waals surface area contributed by atoms with Crippen LogP contribution >= 0.6 is 0 Å². The number of ether oxygens (including phenoxy) is 1. The fraction of sp³-hybridized carbons (Fsp3) is 0.152. The van der Waals surface area contributed by atoms with Crippen molar-refractivity contribution in [3.63, 3.8) is 0 Å². The van der Waals surface area contributed by atoms with Crippen LogP contribution in [0.15, 0.2) is 72.8 Å². The summed E-state index contributed by atoms with van der Waals surface area (Å²) < 4.78 is 9.74. The summed E-state index contributed by atoms with van der Waals surface area (Å²) >= 11 is -0.533. The standard InChI is InChI=1S/C33H24OTe/c1-17-14-22-23-16-26(18-8-6-5-7-9-18)35-32(23)24-15-25(34-33(2,3)4)21-13-11-19-10-12-20(17)28-27(19)29(21)31(24)30(22)28/h5-16H,1-4H3. The molecule has 8 aromatic rings. The minimum absolute atomic E-state index is 0.253. The van der Waals surface area contributed by atoms with Crippen molar-refractivity contribution in [1.29, 1.82) is 0 Å². The first-order chi connectivity index (χ1) is 16.9. The molecule has 0 spiro atoms. The predicted octanol–water partition coefficient (Wildman–Crippen LogP) is 9.13. The van der Waals surface area contributed by atoms with E-state index in [2.05, 4.69) is 100 Å². The van der Waals surface area contributed by atoms with Crippen molar-refractivity contribution in [3.8, 4) is 14.9 Å². The first kappa shape index (κ1) is 20.2. The van der Waals surface area contributed by atoms with Crippen LogP contribution in [0, 0.1) is 6.92 Å². The van der Waals surface area contributed by atoms with Crippen LogP contribution in [0.5, 0.6) is 5.75 Å². The summed E-state index contributed by atoms with van der Waals surface area (Å²) in [7, 11) is 0. The van der Waals surface area contributed by atoms with Gasteiger partial charge >= 0.3 is 214 Å². The van der Waals surface area contributed by atoms with Gasteiger partial charge < -0.3 is 0 Å². The molecule has 0 saturated heterocycles. The van der Waals surface area contributed by atoms with E-state index in [0.29, 0.717) is 0 Å². The fourth-order valence-electron chi connectivity index (χ4n) is 6.25. The summed E-state index contributed by atoms with van der Waals surface area (Å²) in [4.78, 5) is 0. The van der Waals surface area contributed by atoms with Gasteiger partial charge in [-0.3, -0.25) is 0 Å². The Balaban J connectivity index is 1.67. The third-order valence-electron chi connectivity index (χ3n) is 7.54. The van der Waals surface area contributed by atoms with Crippen molar-refractivity contribution in [2.24, 2.45) is 0 Å². The summed E-state index contributed by atoms with van der Waals surface area (Å²) in [6.07, 6.45) is 0. The molecule has 0 aliphatic carbocycles. The number of hydrogen-bond acceptors (Lipinski definition) is 1. The molecule has 0 fully saturated rings. The van der Waals surface area contributed by atoms with Crippen LogP contribution in [0.3, 0.4) is 0 Å². The van der Waals surface area contributed by atoms with Gasteiger partial charge in [0.15, 0.2) is 0 Å². The van der Waals surface area contributed by atoms with E-state index in [1.165, 1.54) is 74.0 Å². The van der Waals surface area contributed by atoms with Gasteiger partial charge in [0.1, 0.15) is 0 Å². The summed E-state index contributed by atoms with van der Waals surface area (Å²) in [5.41, 5.74) is 2.49. The van der Waals surface area contributed by atoms with E-state index in [9.17, 15) is 0 Å². The van der Waals surface area contributed by atoms with Crippen molar-refractivity contribution in [1.82, 2.24) is 0 Å². The Morgan fingerprint density at radius 3 is 2.09 bits per heavy atom. The molecular weight excluding hydrogens is 540 g/mol. The quantitative estimate of drug-likeness (QED) is 0.150. The molecule has 1 nitrogen and oxygen atoms in total. The van der Waals surface area contributed by atoms with E-state index in [0.717, 1.165) is 5.75 Å². The zero-order chi connectivity index (χ0) is 23.6. The molecule has 0 aliphatic rings. The number of fused-ring (bicyclic) bond motifs is 3. The van der Waals surface area contributed by atoms with Gasteiger partial charge in [-0.2, -0.15) is 0 Å². The van der Waals surface area contributed by atoms with Gasteiger partial charge in [0.25, 0.3) is 0 Å². The predicted molar refractivity (Wildman–Crippen MR) is 153 cm³/mol. The van der Waals surface area contributed by atoms with E-state index in [1.807, 2.05) is 0 Å². The zero-order valence-electron chi connectivity index (χ0n) is 20.2. The molecule has 7 aromatic carbocycles. The summed E-state index contributed by atoms with van der Waals surface area (Å²) in [5.74, 6) is 1.02. The Bertz CT molecular complexity index is 2050. The summed E-state index contributed by atoms with van der Waals surface area (Å²) in [6.45, 7) is 8.73. The third kappa shape index (κ3) is 2.60. The minimum atomic E-state index is -0.533. The summed E-state index contributed by atoms with van der Waals surface area (Å²) in [5, 5.41) is 15.4. The van der Waals surface area contributed by atoms with E-state index in [1.54, 1.807) is 3.40 Å². The van der Waals surface area contributed by atoms with Crippen molar-refractivity contribution >= 4 is 83.1 Å². The molecule has 0 unspecified atom stereocenters. The molecule has 168 valence electrons. The van der Waals surface area contributed by atoms with Gasteiger partial charge in [-0.15, -0.1) is 0 Å². The van der Waals surface area contributed by atoms with Gasteiger partial charge in [-0.05, 0) is 0 Å². The van der Waals surface area contributed by atoms with Gasteiger partial charge in [0, 0.05) is 0 Å². The Morgan fingerprint density at radius 1 is 0.629 bits per heavy atom. The normalized spacial score (nSPS) is 13.1. The molecule has 0 aliphatic heterocycles. The number of rotatable bonds is 2.